The fourth-order valence-electron chi connectivity index (χ4n) is 3.52. The van der Waals surface area contributed by atoms with Gasteiger partial charge in [-0.05, 0) is 63.1 Å². The molecule has 1 aromatic carbocycles. The summed E-state index contributed by atoms with van der Waals surface area (Å²) in [6.45, 7) is 1.12. The van der Waals surface area contributed by atoms with E-state index in [1.807, 2.05) is 0 Å². The Hall–Kier alpha value is -1.90. The van der Waals surface area contributed by atoms with Gasteiger partial charge in [-0.15, -0.1) is 0 Å². The number of nitrogens with one attached hydrogen (secondary N) is 2. The maximum atomic E-state index is 12.4. The average molecular weight is 484 g/mol. The smallest absolute Gasteiger partial charge is 0.252 e. The first-order valence-corrected chi connectivity index (χ1v) is 13.0. The fraction of sp³-hybridized carbons (Fsp3) is 0.565. The van der Waals surface area contributed by atoms with E-state index in [0.29, 0.717) is 19.5 Å². The summed E-state index contributed by atoms with van der Waals surface area (Å²) < 4.78 is 25.6. The van der Waals surface area contributed by atoms with Crippen LogP contribution in [0.25, 0.3) is 0 Å². The molecule has 1 aromatic rings. The maximum absolute atomic E-state index is 12.4. The number of benzene rings is 1. The van der Waals surface area contributed by atoms with Crippen molar-refractivity contribution in [2.75, 3.05) is 27.2 Å². The van der Waals surface area contributed by atoms with Crippen molar-refractivity contribution >= 4 is 33.4 Å². The number of carbonyl (C=O) groups is 2. The third-order valence-corrected chi connectivity index (χ3v) is 7.62. The number of rotatable bonds is 12. The second-order valence-electron chi connectivity index (χ2n) is 8.20. The van der Waals surface area contributed by atoms with Crippen LogP contribution < -0.4 is 10.6 Å². The van der Waals surface area contributed by atoms with Crippen molar-refractivity contribution < 1.29 is 18.0 Å². The van der Waals surface area contributed by atoms with Crippen LogP contribution in [0.15, 0.2) is 34.7 Å². The van der Waals surface area contributed by atoms with E-state index in [1.54, 1.807) is 0 Å². The van der Waals surface area contributed by atoms with Gasteiger partial charge in [0.15, 0.2) is 0 Å². The number of nitrogens with zero attached hydrogens (tertiary/aromatic N) is 1. The van der Waals surface area contributed by atoms with E-state index in [1.165, 1.54) is 50.7 Å². The lowest BCUT2D eigenvalue weighted by molar-refractivity contribution is -0.121. The number of hydrogen-bond acceptors (Lipinski definition) is 4. The molecule has 1 aliphatic carbocycles. The van der Waals surface area contributed by atoms with Crippen LogP contribution in [-0.4, -0.2) is 51.7 Å². The minimum atomic E-state index is -3.65. The third kappa shape index (κ3) is 8.22. The summed E-state index contributed by atoms with van der Waals surface area (Å²) in [6, 6.07) is 4.09. The Bertz CT molecular complexity index is 929. The molecule has 0 aromatic heterocycles. The summed E-state index contributed by atoms with van der Waals surface area (Å²) >= 11 is 6.09. The average Bonchev–Trinajstić information content (AvgIpc) is 2.76. The minimum absolute atomic E-state index is 0.0165. The van der Waals surface area contributed by atoms with Crippen LogP contribution in [0.1, 0.15) is 68.1 Å². The Kier molecular flexibility index (Phi) is 10.7. The Labute approximate surface area is 196 Å². The van der Waals surface area contributed by atoms with Crippen LogP contribution in [0.3, 0.4) is 0 Å². The van der Waals surface area contributed by atoms with Crippen LogP contribution in [-0.2, 0) is 14.8 Å². The van der Waals surface area contributed by atoms with E-state index in [4.69, 9.17) is 11.6 Å². The molecule has 0 saturated heterocycles. The highest BCUT2D eigenvalue weighted by molar-refractivity contribution is 7.89. The molecule has 2 amide bonds. The number of allylic oxidation sites excluding steroid dienone is 1. The largest absolute Gasteiger partial charge is 0.356 e. The molecule has 0 unspecified atom stereocenters. The lowest BCUT2D eigenvalue weighted by atomic mass is 9.97. The standard InChI is InChI=1S/C23H34ClN3O4S/c1-27(2)32(30,31)19-12-13-21(24)20(17-19)23(29)26-15-8-4-7-11-22(28)25-16-14-18-9-5-3-6-10-18/h9,12-13,17H,3-8,10-11,14-16H2,1-2H3,(H,25,28)(H,26,29). The van der Waals surface area contributed by atoms with Gasteiger partial charge in [-0.1, -0.05) is 29.7 Å². The van der Waals surface area contributed by atoms with Crippen LogP contribution in [0.2, 0.25) is 5.02 Å². The van der Waals surface area contributed by atoms with Crippen LogP contribution in [0.5, 0.6) is 0 Å². The molecule has 0 atom stereocenters. The lowest BCUT2D eigenvalue weighted by Crippen LogP contribution is -2.26. The molecule has 0 heterocycles. The second-order valence-corrected chi connectivity index (χ2v) is 10.8. The molecule has 178 valence electrons. The molecule has 7 nitrogen and oxygen atoms in total. The zero-order valence-electron chi connectivity index (χ0n) is 19.0. The molecule has 2 rings (SSSR count). The number of halogens is 1. The molecule has 1 aliphatic rings. The van der Waals surface area contributed by atoms with Gasteiger partial charge in [0.2, 0.25) is 15.9 Å². The molecular formula is C23H34ClN3O4S. The van der Waals surface area contributed by atoms with Crippen molar-refractivity contribution in [1.82, 2.24) is 14.9 Å². The van der Waals surface area contributed by atoms with Gasteiger partial charge >= 0.3 is 0 Å². The predicted octanol–water partition coefficient (Wildman–Crippen LogP) is 3.89. The normalized spacial score (nSPS) is 14.2. The molecule has 0 saturated carbocycles. The zero-order chi connectivity index (χ0) is 23.6. The number of amides is 2. The van der Waals surface area contributed by atoms with Gasteiger partial charge in [0.05, 0.1) is 15.5 Å². The lowest BCUT2D eigenvalue weighted by Gasteiger charge is -2.13. The van der Waals surface area contributed by atoms with Crippen molar-refractivity contribution in [3.8, 4) is 0 Å². The fourth-order valence-corrected chi connectivity index (χ4v) is 4.65. The molecule has 32 heavy (non-hydrogen) atoms. The number of unbranched alkanes of at least 4 members (excludes halogenated alkanes) is 2. The van der Waals surface area contributed by atoms with Gasteiger partial charge in [-0.25, -0.2) is 12.7 Å². The molecule has 0 aliphatic heterocycles. The van der Waals surface area contributed by atoms with Gasteiger partial charge in [0, 0.05) is 33.6 Å². The molecule has 0 radical (unpaired) electrons. The van der Waals surface area contributed by atoms with Crippen LogP contribution in [0, 0.1) is 0 Å². The second kappa shape index (κ2) is 13.0. The van der Waals surface area contributed by atoms with E-state index < -0.39 is 15.9 Å². The first-order chi connectivity index (χ1) is 15.2. The number of carbonyl (C=O) groups excluding carboxylic acids is 2. The quantitative estimate of drug-likeness (QED) is 0.348. The first-order valence-electron chi connectivity index (χ1n) is 11.2. The van der Waals surface area contributed by atoms with E-state index >= 15 is 0 Å². The Balaban J connectivity index is 1.66. The molecule has 0 bridgehead atoms. The first kappa shape index (κ1) is 26.4. The van der Waals surface area contributed by atoms with Crippen molar-refractivity contribution in [2.45, 2.75) is 62.7 Å². The summed E-state index contributed by atoms with van der Waals surface area (Å²) in [4.78, 5) is 24.4. The molecular weight excluding hydrogens is 450 g/mol. The predicted molar refractivity (Wildman–Crippen MR) is 127 cm³/mol. The molecule has 2 N–H and O–H groups in total. The highest BCUT2D eigenvalue weighted by Crippen LogP contribution is 2.22. The van der Waals surface area contributed by atoms with Crippen molar-refractivity contribution in [2.24, 2.45) is 0 Å². The maximum Gasteiger partial charge on any atom is 0.252 e. The molecule has 9 heteroatoms. The summed E-state index contributed by atoms with van der Waals surface area (Å²) in [7, 11) is -0.792. The van der Waals surface area contributed by atoms with E-state index in [2.05, 4.69) is 16.7 Å². The van der Waals surface area contributed by atoms with Gasteiger partial charge in [-0.2, -0.15) is 0 Å². The van der Waals surface area contributed by atoms with Crippen LogP contribution in [0.4, 0.5) is 0 Å². The summed E-state index contributed by atoms with van der Waals surface area (Å²) in [5.74, 6) is -0.350. The number of hydrogen-bond donors (Lipinski definition) is 2. The van der Waals surface area contributed by atoms with Crippen LogP contribution >= 0.6 is 11.6 Å². The van der Waals surface area contributed by atoms with Gasteiger partial charge < -0.3 is 10.6 Å². The SMILES string of the molecule is CN(C)S(=O)(=O)c1ccc(Cl)c(C(=O)NCCCCCC(=O)NCCC2=CCCCC2)c1. The zero-order valence-corrected chi connectivity index (χ0v) is 20.5. The van der Waals surface area contributed by atoms with E-state index in [0.717, 1.165) is 42.8 Å². The summed E-state index contributed by atoms with van der Waals surface area (Å²) in [5.41, 5.74) is 1.58. The Morgan fingerprint density at radius 2 is 1.84 bits per heavy atom. The van der Waals surface area contributed by atoms with E-state index in [9.17, 15) is 18.0 Å². The highest BCUT2D eigenvalue weighted by Gasteiger charge is 2.20. The van der Waals surface area contributed by atoms with Gasteiger partial charge in [0.1, 0.15) is 0 Å². The monoisotopic (exact) mass is 483 g/mol. The Morgan fingerprint density at radius 1 is 1.06 bits per heavy atom. The van der Waals surface area contributed by atoms with Crippen molar-refractivity contribution in [3.05, 3.63) is 40.4 Å². The summed E-state index contributed by atoms with van der Waals surface area (Å²) in [5, 5.41) is 5.94. The Morgan fingerprint density at radius 3 is 2.53 bits per heavy atom. The van der Waals surface area contributed by atoms with Crippen molar-refractivity contribution in [3.63, 3.8) is 0 Å². The van der Waals surface area contributed by atoms with Gasteiger partial charge in [-0.3, -0.25) is 9.59 Å². The van der Waals surface area contributed by atoms with E-state index in [-0.39, 0.29) is 21.4 Å². The number of sulfonamides is 1. The third-order valence-electron chi connectivity index (χ3n) is 5.48. The topological polar surface area (TPSA) is 95.6 Å². The van der Waals surface area contributed by atoms with Crippen molar-refractivity contribution in [1.29, 1.82) is 0 Å². The highest BCUT2D eigenvalue weighted by atomic mass is 35.5. The summed E-state index contributed by atoms with van der Waals surface area (Å²) in [6.07, 6.45) is 10.8. The minimum Gasteiger partial charge on any atom is -0.356 e. The molecule has 0 spiro atoms. The van der Waals surface area contributed by atoms with Gasteiger partial charge in [0.25, 0.3) is 5.91 Å². The molecule has 0 fully saturated rings.